The van der Waals surface area contributed by atoms with E-state index in [9.17, 15) is 9.18 Å². The molecule has 29 heavy (non-hydrogen) atoms. The maximum atomic E-state index is 12.9. The summed E-state index contributed by atoms with van der Waals surface area (Å²) in [6.07, 6.45) is 0.648. The minimum atomic E-state index is -0.289. The Morgan fingerprint density at radius 1 is 1.03 bits per heavy atom. The first-order chi connectivity index (χ1) is 13.6. The number of benzene rings is 2. The van der Waals surface area contributed by atoms with Crippen molar-refractivity contribution in [2.75, 3.05) is 26.7 Å². The molecule has 0 saturated heterocycles. The smallest absolute Gasteiger partial charge is 0.251 e. The number of amides is 1. The summed E-state index contributed by atoms with van der Waals surface area (Å²) in [5.74, 6) is 0.911. The highest BCUT2D eigenvalue weighted by Crippen LogP contribution is 2.12. The van der Waals surface area contributed by atoms with Crippen molar-refractivity contribution >= 4 is 35.8 Å². The number of aliphatic imine (C=N–C) groups is 1. The van der Waals surface area contributed by atoms with E-state index in [4.69, 9.17) is 4.74 Å². The number of nitrogens with one attached hydrogen (secondary N) is 3. The molecule has 1 amide bonds. The molecule has 6 nitrogen and oxygen atoms in total. The van der Waals surface area contributed by atoms with Crippen molar-refractivity contribution in [3.8, 4) is 5.75 Å². The highest BCUT2D eigenvalue weighted by molar-refractivity contribution is 14.0. The Morgan fingerprint density at radius 2 is 1.69 bits per heavy atom. The van der Waals surface area contributed by atoms with Crippen LogP contribution in [0.1, 0.15) is 23.7 Å². The zero-order chi connectivity index (χ0) is 20.2. The number of nitrogens with zero attached hydrogens (tertiary/aromatic N) is 1. The first-order valence-electron chi connectivity index (χ1n) is 9.28. The highest BCUT2D eigenvalue weighted by Gasteiger charge is 2.06. The Labute approximate surface area is 188 Å². The summed E-state index contributed by atoms with van der Waals surface area (Å²) in [7, 11) is 1.69. The highest BCUT2D eigenvalue weighted by atomic mass is 127. The molecule has 2 rings (SSSR count). The molecule has 0 saturated carbocycles. The molecule has 1 unspecified atom stereocenters. The van der Waals surface area contributed by atoms with Crippen LogP contribution in [0.2, 0.25) is 0 Å². The number of hydrogen-bond acceptors (Lipinski definition) is 3. The summed E-state index contributed by atoms with van der Waals surface area (Å²) < 4.78 is 18.6. The maximum Gasteiger partial charge on any atom is 0.251 e. The third kappa shape index (κ3) is 9.60. The van der Waals surface area contributed by atoms with E-state index < -0.39 is 0 Å². The van der Waals surface area contributed by atoms with E-state index in [2.05, 4.69) is 20.9 Å². The van der Waals surface area contributed by atoms with Crippen LogP contribution >= 0.6 is 24.0 Å². The lowest BCUT2D eigenvalue weighted by molar-refractivity contribution is 0.0953. The van der Waals surface area contributed by atoms with Crippen molar-refractivity contribution < 1.29 is 13.9 Å². The van der Waals surface area contributed by atoms with E-state index in [0.717, 1.165) is 6.42 Å². The van der Waals surface area contributed by atoms with Crippen molar-refractivity contribution in [2.24, 2.45) is 4.99 Å². The third-order valence-corrected chi connectivity index (χ3v) is 3.90. The van der Waals surface area contributed by atoms with Gasteiger partial charge < -0.3 is 20.7 Å². The minimum Gasteiger partial charge on any atom is -0.489 e. The van der Waals surface area contributed by atoms with Gasteiger partial charge in [0.1, 0.15) is 17.7 Å². The summed E-state index contributed by atoms with van der Waals surface area (Å²) in [4.78, 5) is 16.1. The molecule has 0 fully saturated rings. The van der Waals surface area contributed by atoms with Crippen molar-refractivity contribution in [1.82, 2.24) is 16.0 Å². The second kappa shape index (κ2) is 13.8. The quantitative estimate of drug-likeness (QED) is 0.208. The number of ether oxygens (including phenoxy) is 1. The van der Waals surface area contributed by atoms with E-state index in [1.54, 1.807) is 31.3 Å². The van der Waals surface area contributed by atoms with Crippen molar-refractivity contribution in [2.45, 2.75) is 19.4 Å². The number of guanidine groups is 1. The molecule has 0 bridgehead atoms. The first kappa shape index (κ1) is 24.7. The molecule has 0 aliphatic heterocycles. The van der Waals surface area contributed by atoms with Gasteiger partial charge in [0.25, 0.3) is 5.91 Å². The van der Waals surface area contributed by atoms with Crippen molar-refractivity contribution in [3.63, 3.8) is 0 Å². The Balaban J connectivity index is 0.00000420. The first-order valence-corrected chi connectivity index (χ1v) is 9.28. The Kier molecular flexibility index (Phi) is 11.7. The lowest BCUT2D eigenvalue weighted by Crippen LogP contribution is -2.42. The van der Waals surface area contributed by atoms with Crippen LogP contribution in [-0.2, 0) is 0 Å². The molecule has 158 valence electrons. The molecule has 0 radical (unpaired) electrons. The SMILES string of the molecule is CN=C(NCCCNC(=O)c1ccccc1)NCC(C)Oc1ccc(F)cc1.I. The molecule has 2 aromatic carbocycles. The molecule has 0 aromatic heterocycles. The summed E-state index contributed by atoms with van der Waals surface area (Å²) >= 11 is 0. The van der Waals surface area contributed by atoms with Gasteiger partial charge in [0, 0.05) is 25.7 Å². The van der Waals surface area contributed by atoms with E-state index in [0.29, 0.717) is 36.9 Å². The molecule has 0 aliphatic rings. The maximum absolute atomic E-state index is 12.9. The van der Waals surface area contributed by atoms with Gasteiger partial charge in [-0.05, 0) is 49.7 Å². The third-order valence-electron chi connectivity index (χ3n) is 3.90. The normalized spacial score (nSPS) is 11.8. The van der Waals surface area contributed by atoms with Crippen LogP contribution in [0.25, 0.3) is 0 Å². The van der Waals surface area contributed by atoms with Crippen LogP contribution in [0.5, 0.6) is 5.75 Å². The number of halogens is 2. The molecular weight excluding hydrogens is 486 g/mol. The molecule has 8 heteroatoms. The van der Waals surface area contributed by atoms with Gasteiger partial charge in [-0.2, -0.15) is 0 Å². The van der Waals surface area contributed by atoms with Crippen molar-refractivity contribution in [3.05, 3.63) is 66.0 Å². The van der Waals surface area contributed by atoms with Gasteiger partial charge in [-0.3, -0.25) is 9.79 Å². The largest absolute Gasteiger partial charge is 0.489 e. The second-order valence-corrected chi connectivity index (χ2v) is 6.24. The minimum absolute atomic E-state index is 0. The average Bonchev–Trinajstić information content (AvgIpc) is 2.72. The molecular formula is C21H28FIN4O2. The lowest BCUT2D eigenvalue weighted by atomic mass is 10.2. The second-order valence-electron chi connectivity index (χ2n) is 6.24. The summed E-state index contributed by atoms with van der Waals surface area (Å²) in [5.41, 5.74) is 0.656. The number of rotatable bonds is 9. The molecule has 1 atom stereocenters. The van der Waals surface area contributed by atoms with Gasteiger partial charge in [-0.15, -0.1) is 24.0 Å². The number of hydrogen-bond donors (Lipinski definition) is 3. The fourth-order valence-corrected chi connectivity index (χ4v) is 2.44. The predicted octanol–water partition coefficient (Wildman–Crippen LogP) is 3.20. The van der Waals surface area contributed by atoms with Gasteiger partial charge in [0.2, 0.25) is 0 Å². The molecule has 0 spiro atoms. The lowest BCUT2D eigenvalue weighted by Gasteiger charge is -2.17. The van der Waals surface area contributed by atoms with Crippen LogP contribution in [0, 0.1) is 5.82 Å². The number of carbonyl (C=O) groups is 1. The van der Waals surface area contributed by atoms with Gasteiger partial charge in [-0.1, -0.05) is 18.2 Å². The van der Waals surface area contributed by atoms with Gasteiger partial charge in [-0.25, -0.2) is 4.39 Å². The van der Waals surface area contributed by atoms with Crippen molar-refractivity contribution in [1.29, 1.82) is 0 Å². The Bertz CT molecular complexity index is 757. The molecule has 0 aliphatic carbocycles. The number of carbonyl (C=O) groups excluding carboxylic acids is 1. The average molecular weight is 514 g/mol. The van der Waals surface area contributed by atoms with Crippen LogP contribution in [-0.4, -0.2) is 44.7 Å². The predicted molar refractivity (Wildman–Crippen MR) is 125 cm³/mol. The monoisotopic (exact) mass is 514 g/mol. The van der Waals surface area contributed by atoms with E-state index in [1.165, 1.54) is 12.1 Å². The van der Waals surface area contributed by atoms with Gasteiger partial charge in [0.15, 0.2) is 5.96 Å². The fraction of sp³-hybridized carbons (Fsp3) is 0.333. The van der Waals surface area contributed by atoms with Crippen LogP contribution in [0.3, 0.4) is 0 Å². The zero-order valence-electron chi connectivity index (χ0n) is 16.7. The van der Waals surface area contributed by atoms with E-state index in [-0.39, 0.29) is 41.8 Å². The molecule has 0 heterocycles. The van der Waals surface area contributed by atoms with E-state index >= 15 is 0 Å². The zero-order valence-corrected chi connectivity index (χ0v) is 19.0. The van der Waals surface area contributed by atoms with Gasteiger partial charge in [0.05, 0.1) is 6.54 Å². The fourth-order valence-electron chi connectivity index (χ4n) is 2.44. The molecule has 2 aromatic rings. The van der Waals surface area contributed by atoms with Crippen LogP contribution < -0.4 is 20.7 Å². The summed E-state index contributed by atoms with van der Waals surface area (Å²) in [6.45, 7) is 3.70. The van der Waals surface area contributed by atoms with Gasteiger partial charge >= 0.3 is 0 Å². The van der Waals surface area contributed by atoms with Crippen LogP contribution in [0.4, 0.5) is 4.39 Å². The molecule has 3 N–H and O–H groups in total. The summed E-state index contributed by atoms with van der Waals surface area (Å²) in [5, 5.41) is 9.26. The summed E-state index contributed by atoms with van der Waals surface area (Å²) in [6, 6.07) is 15.1. The van der Waals surface area contributed by atoms with Crippen LogP contribution in [0.15, 0.2) is 59.6 Å². The Morgan fingerprint density at radius 3 is 2.34 bits per heavy atom. The topological polar surface area (TPSA) is 74.8 Å². The standard InChI is InChI=1S/C21H27FN4O2.HI/c1-16(28-19-11-9-18(22)10-12-19)15-26-21(23-2)25-14-6-13-24-20(27)17-7-4-3-5-8-17;/h3-5,7-12,16H,6,13-15H2,1-2H3,(H,24,27)(H2,23,25,26);1H. The Hall–Kier alpha value is -2.36. The van der Waals surface area contributed by atoms with E-state index in [1.807, 2.05) is 25.1 Å².